The number of rotatable bonds is 6. The predicted molar refractivity (Wildman–Crippen MR) is 79.2 cm³/mol. The molecule has 20 heavy (non-hydrogen) atoms. The van der Waals surface area contributed by atoms with E-state index in [1.165, 1.54) is 24.1 Å². The molecule has 1 N–H and O–H groups in total. The summed E-state index contributed by atoms with van der Waals surface area (Å²) in [6, 6.07) is 4.33. The second kappa shape index (κ2) is 7.16. The van der Waals surface area contributed by atoms with Crippen molar-refractivity contribution in [3.05, 3.63) is 28.2 Å². The van der Waals surface area contributed by atoms with E-state index < -0.39 is 10.0 Å². The lowest BCUT2D eigenvalue weighted by molar-refractivity contribution is 0.0826. The Labute approximate surface area is 127 Å². The first kappa shape index (κ1) is 17.1. The average Bonchev–Trinajstić information content (AvgIpc) is 2.38. The summed E-state index contributed by atoms with van der Waals surface area (Å²) in [6.07, 6.45) is 0. The molecule has 0 aliphatic heterocycles. The van der Waals surface area contributed by atoms with E-state index in [9.17, 15) is 13.2 Å². The van der Waals surface area contributed by atoms with E-state index >= 15 is 0 Å². The molecule has 0 spiro atoms. The van der Waals surface area contributed by atoms with Crippen molar-refractivity contribution in [3.63, 3.8) is 0 Å². The lowest BCUT2D eigenvalue weighted by Gasteiger charge is -2.13. The number of carbonyl (C=O) groups is 1. The molecule has 0 aliphatic carbocycles. The smallest absolute Gasteiger partial charge is 0.254 e. The summed E-state index contributed by atoms with van der Waals surface area (Å²) in [4.78, 5) is 13.4. The summed E-state index contributed by atoms with van der Waals surface area (Å²) in [5.74, 6) is -0.272. The standard InChI is InChI=1S/C12H17BrN2O4S/c1-15(2)12(16)10-8-9(4-5-11(10)13)20(17,18)14-6-7-19-3/h4-5,8,14H,6-7H2,1-3H3. The zero-order valence-electron chi connectivity index (χ0n) is 11.5. The number of benzene rings is 1. The molecule has 0 fully saturated rings. The van der Waals surface area contributed by atoms with Gasteiger partial charge in [0.25, 0.3) is 5.91 Å². The summed E-state index contributed by atoms with van der Waals surface area (Å²) in [7, 11) is 1.04. The number of nitrogens with one attached hydrogen (secondary N) is 1. The van der Waals surface area contributed by atoms with Gasteiger partial charge in [0.1, 0.15) is 0 Å². The van der Waals surface area contributed by atoms with Crippen molar-refractivity contribution in [2.45, 2.75) is 4.90 Å². The molecule has 0 radical (unpaired) electrons. The molecule has 112 valence electrons. The Morgan fingerprint density at radius 1 is 1.40 bits per heavy atom. The van der Waals surface area contributed by atoms with E-state index in [1.54, 1.807) is 20.2 Å². The Balaban J connectivity index is 3.09. The number of methoxy groups -OCH3 is 1. The molecule has 0 bridgehead atoms. The SMILES string of the molecule is COCCNS(=O)(=O)c1ccc(Br)c(C(=O)N(C)C)c1. The van der Waals surface area contributed by atoms with Gasteiger partial charge in [-0.1, -0.05) is 0 Å². The maximum Gasteiger partial charge on any atom is 0.254 e. The van der Waals surface area contributed by atoms with Gasteiger partial charge < -0.3 is 9.64 Å². The minimum atomic E-state index is -3.65. The van der Waals surface area contributed by atoms with Gasteiger partial charge >= 0.3 is 0 Å². The van der Waals surface area contributed by atoms with Crippen LogP contribution in [0.1, 0.15) is 10.4 Å². The van der Waals surface area contributed by atoms with Crippen molar-refractivity contribution in [2.75, 3.05) is 34.4 Å². The highest BCUT2D eigenvalue weighted by atomic mass is 79.9. The van der Waals surface area contributed by atoms with Crippen molar-refractivity contribution in [2.24, 2.45) is 0 Å². The van der Waals surface area contributed by atoms with Gasteiger partial charge in [-0.15, -0.1) is 0 Å². The number of carbonyl (C=O) groups excluding carboxylic acids is 1. The summed E-state index contributed by atoms with van der Waals surface area (Å²) in [5, 5.41) is 0. The van der Waals surface area contributed by atoms with Crippen LogP contribution in [0.4, 0.5) is 0 Å². The maximum atomic E-state index is 12.1. The van der Waals surface area contributed by atoms with Crippen LogP contribution in [-0.2, 0) is 14.8 Å². The van der Waals surface area contributed by atoms with E-state index in [0.717, 1.165) is 0 Å². The third-order valence-corrected chi connectivity index (χ3v) is 4.63. The Bertz CT molecular complexity index is 587. The zero-order valence-corrected chi connectivity index (χ0v) is 13.9. The molecule has 0 saturated carbocycles. The van der Waals surface area contributed by atoms with Crippen molar-refractivity contribution in [1.29, 1.82) is 0 Å². The van der Waals surface area contributed by atoms with Gasteiger partial charge in [-0.2, -0.15) is 0 Å². The van der Waals surface area contributed by atoms with Crippen molar-refractivity contribution in [3.8, 4) is 0 Å². The van der Waals surface area contributed by atoms with Crippen molar-refractivity contribution < 1.29 is 17.9 Å². The highest BCUT2D eigenvalue weighted by molar-refractivity contribution is 9.10. The van der Waals surface area contributed by atoms with Crippen LogP contribution in [0, 0.1) is 0 Å². The Morgan fingerprint density at radius 3 is 2.60 bits per heavy atom. The van der Waals surface area contributed by atoms with Crippen LogP contribution < -0.4 is 4.72 Å². The normalized spacial score (nSPS) is 11.4. The number of halogens is 1. The summed E-state index contributed by atoms with van der Waals surface area (Å²) < 4.78 is 31.8. The molecule has 0 saturated heterocycles. The van der Waals surface area contributed by atoms with E-state index in [4.69, 9.17) is 4.74 Å². The van der Waals surface area contributed by atoms with Gasteiger partial charge in [-0.25, -0.2) is 13.1 Å². The predicted octanol–water partition coefficient (Wildman–Crippen LogP) is 1.08. The molecule has 1 aromatic rings. The van der Waals surface area contributed by atoms with Gasteiger partial charge in [-0.05, 0) is 34.1 Å². The number of amides is 1. The third kappa shape index (κ3) is 4.27. The molecule has 0 aliphatic rings. The molecule has 0 heterocycles. The number of ether oxygens (including phenoxy) is 1. The van der Waals surface area contributed by atoms with Gasteiger partial charge in [0, 0.05) is 32.2 Å². The molecule has 8 heteroatoms. The minimum absolute atomic E-state index is 0.0435. The maximum absolute atomic E-state index is 12.1. The van der Waals surface area contributed by atoms with Gasteiger partial charge in [-0.3, -0.25) is 4.79 Å². The second-order valence-electron chi connectivity index (χ2n) is 4.23. The first-order valence-electron chi connectivity index (χ1n) is 5.79. The Morgan fingerprint density at radius 2 is 2.05 bits per heavy atom. The first-order valence-corrected chi connectivity index (χ1v) is 8.07. The molecule has 1 aromatic carbocycles. The van der Waals surface area contributed by atoms with Crippen LogP contribution in [0.5, 0.6) is 0 Å². The van der Waals surface area contributed by atoms with Crippen LogP contribution >= 0.6 is 15.9 Å². The van der Waals surface area contributed by atoms with E-state index in [-0.39, 0.29) is 24.0 Å². The quantitative estimate of drug-likeness (QED) is 0.766. The fraction of sp³-hybridized carbons (Fsp3) is 0.417. The molecule has 6 nitrogen and oxygen atoms in total. The topological polar surface area (TPSA) is 75.7 Å². The Hall–Kier alpha value is -0.960. The summed E-state index contributed by atoms with van der Waals surface area (Å²) >= 11 is 3.25. The van der Waals surface area contributed by atoms with Crippen LogP contribution in [0.15, 0.2) is 27.6 Å². The van der Waals surface area contributed by atoms with Crippen LogP contribution in [0.25, 0.3) is 0 Å². The fourth-order valence-electron chi connectivity index (χ4n) is 1.44. The molecular formula is C12H17BrN2O4S. The molecule has 0 atom stereocenters. The number of hydrogen-bond donors (Lipinski definition) is 1. The van der Waals surface area contributed by atoms with Gasteiger partial charge in [0.15, 0.2) is 0 Å². The first-order chi connectivity index (χ1) is 9.29. The van der Waals surface area contributed by atoms with Crippen molar-refractivity contribution in [1.82, 2.24) is 9.62 Å². The molecule has 0 aromatic heterocycles. The lowest BCUT2D eigenvalue weighted by atomic mass is 10.2. The van der Waals surface area contributed by atoms with Crippen LogP contribution in [-0.4, -0.2) is 53.6 Å². The van der Waals surface area contributed by atoms with E-state index in [0.29, 0.717) is 10.0 Å². The average molecular weight is 365 g/mol. The largest absolute Gasteiger partial charge is 0.383 e. The molecule has 1 rings (SSSR count). The monoisotopic (exact) mass is 364 g/mol. The number of sulfonamides is 1. The lowest BCUT2D eigenvalue weighted by Crippen LogP contribution is -2.28. The molecule has 1 amide bonds. The van der Waals surface area contributed by atoms with Gasteiger partial charge in [0.2, 0.25) is 10.0 Å². The highest BCUT2D eigenvalue weighted by Gasteiger charge is 2.19. The van der Waals surface area contributed by atoms with Crippen LogP contribution in [0.3, 0.4) is 0 Å². The highest BCUT2D eigenvalue weighted by Crippen LogP contribution is 2.22. The van der Waals surface area contributed by atoms with E-state index in [2.05, 4.69) is 20.7 Å². The van der Waals surface area contributed by atoms with Crippen LogP contribution in [0.2, 0.25) is 0 Å². The second-order valence-corrected chi connectivity index (χ2v) is 6.85. The molecule has 0 unspecified atom stereocenters. The van der Waals surface area contributed by atoms with E-state index in [1.807, 2.05) is 0 Å². The number of hydrogen-bond acceptors (Lipinski definition) is 4. The third-order valence-electron chi connectivity index (χ3n) is 2.48. The minimum Gasteiger partial charge on any atom is -0.383 e. The summed E-state index contributed by atoms with van der Waals surface area (Å²) in [5.41, 5.74) is 0.296. The number of nitrogens with zero attached hydrogens (tertiary/aromatic N) is 1. The Kier molecular flexibility index (Phi) is 6.12. The molecular weight excluding hydrogens is 348 g/mol. The van der Waals surface area contributed by atoms with Gasteiger partial charge in [0.05, 0.1) is 17.1 Å². The van der Waals surface area contributed by atoms with Crippen molar-refractivity contribution >= 4 is 31.9 Å². The fourth-order valence-corrected chi connectivity index (χ4v) is 2.89. The summed E-state index contributed by atoms with van der Waals surface area (Å²) in [6.45, 7) is 0.450. The zero-order chi connectivity index (χ0) is 15.3.